The second kappa shape index (κ2) is 8.56. The number of ether oxygens (including phenoxy) is 1. The van der Waals surface area contributed by atoms with E-state index in [4.69, 9.17) is 4.74 Å². The molecule has 0 atom stereocenters. The number of fused-ring (bicyclic) bond motifs is 2. The molecular formula is C21H27N5O2. The highest BCUT2D eigenvalue weighted by Gasteiger charge is 2.20. The number of amides is 1. The van der Waals surface area contributed by atoms with Crippen LogP contribution >= 0.6 is 0 Å². The van der Waals surface area contributed by atoms with Gasteiger partial charge in [0.1, 0.15) is 17.9 Å². The minimum Gasteiger partial charge on any atom is -0.494 e. The molecule has 0 fully saturated rings. The second-order valence-electron chi connectivity index (χ2n) is 7.35. The molecule has 2 aromatic rings. The summed E-state index contributed by atoms with van der Waals surface area (Å²) in [4.78, 5) is 22.7. The standard InChI is InChI=1S/C21H27N5O2/c1-22-21-17-8-10-26(13-19(17)23-14-24-21)9-2-3-11-28-16-6-4-15-5-7-20(27)25-18(15)12-16/h4,6,12,14H,2-3,5,7-11,13H2,1H3,(H,25,27)(H,22,23,24). The molecule has 0 saturated carbocycles. The third kappa shape index (κ3) is 4.25. The molecule has 148 valence electrons. The smallest absolute Gasteiger partial charge is 0.224 e. The summed E-state index contributed by atoms with van der Waals surface area (Å²) in [7, 11) is 1.91. The van der Waals surface area contributed by atoms with Crippen molar-refractivity contribution in [1.29, 1.82) is 0 Å². The van der Waals surface area contributed by atoms with Crippen molar-refractivity contribution in [3.05, 3.63) is 41.3 Å². The summed E-state index contributed by atoms with van der Waals surface area (Å²) < 4.78 is 5.88. The van der Waals surface area contributed by atoms with Gasteiger partial charge in [-0.15, -0.1) is 0 Å². The highest BCUT2D eigenvalue weighted by atomic mass is 16.5. The van der Waals surface area contributed by atoms with Crippen LogP contribution in [0.1, 0.15) is 36.1 Å². The molecule has 1 aromatic carbocycles. The molecule has 0 unspecified atom stereocenters. The predicted octanol–water partition coefficient (Wildman–Crippen LogP) is 2.62. The number of unbranched alkanes of at least 4 members (excludes halogenated alkanes) is 1. The maximum absolute atomic E-state index is 11.5. The van der Waals surface area contributed by atoms with Gasteiger partial charge < -0.3 is 15.4 Å². The summed E-state index contributed by atoms with van der Waals surface area (Å²) in [6.07, 6.45) is 6.09. The van der Waals surface area contributed by atoms with Crippen molar-refractivity contribution in [2.75, 3.05) is 37.4 Å². The number of benzene rings is 1. The van der Waals surface area contributed by atoms with Gasteiger partial charge in [-0.1, -0.05) is 6.07 Å². The zero-order valence-corrected chi connectivity index (χ0v) is 16.3. The number of nitrogens with one attached hydrogen (secondary N) is 2. The molecule has 0 aliphatic carbocycles. The summed E-state index contributed by atoms with van der Waals surface area (Å²) in [6.45, 7) is 3.66. The molecule has 1 aromatic heterocycles. The number of anilines is 2. The van der Waals surface area contributed by atoms with E-state index in [0.717, 1.165) is 68.3 Å². The fraction of sp³-hybridized carbons (Fsp3) is 0.476. The number of hydrogen-bond acceptors (Lipinski definition) is 6. The minimum atomic E-state index is 0.0832. The van der Waals surface area contributed by atoms with E-state index in [9.17, 15) is 4.79 Å². The van der Waals surface area contributed by atoms with Crippen LogP contribution in [0, 0.1) is 0 Å². The van der Waals surface area contributed by atoms with Gasteiger partial charge in [0.2, 0.25) is 5.91 Å². The maximum atomic E-state index is 11.5. The van der Waals surface area contributed by atoms with E-state index < -0.39 is 0 Å². The van der Waals surface area contributed by atoms with Gasteiger partial charge in [-0.3, -0.25) is 9.69 Å². The molecule has 2 N–H and O–H groups in total. The van der Waals surface area contributed by atoms with E-state index >= 15 is 0 Å². The van der Waals surface area contributed by atoms with Crippen molar-refractivity contribution in [1.82, 2.24) is 14.9 Å². The number of aryl methyl sites for hydroxylation is 1. The summed E-state index contributed by atoms with van der Waals surface area (Å²) in [5.41, 5.74) is 4.47. The van der Waals surface area contributed by atoms with Crippen LogP contribution in [0.5, 0.6) is 5.75 Å². The van der Waals surface area contributed by atoms with Crippen LogP contribution in [0.3, 0.4) is 0 Å². The number of aromatic nitrogens is 2. The van der Waals surface area contributed by atoms with Crippen molar-refractivity contribution in [2.45, 2.75) is 38.6 Å². The Morgan fingerprint density at radius 2 is 2.14 bits per heavy atom. The number of carbonyl (C=O) groups excluding carboxylic acids is 1. The Morgan fingerprint density at radius 3 is 3.04 bits per heavy atom. The molecule has 7 nitrogen and oxygen atoms in total. The first kappa shape index (κ1) is 18.7. The second-order valence-corrected chi connectivity index (χ2v) is 7.35. The van der Waals surface area contributed by atoms with Crippen LogP contribution in [-0.4, -0.2) is 47.5 Å². The number of carbonyl (C=O) groups is 1. The van der Waals surface area contributed by atoms with Gasteiger partial charge in [-0.25, -0.2) is 9.97 Å². The van der Waals surface area contributed by atoms with Crippen LogP contribution in [0.25, 0.3) is 0 Å². The average molecular weight is 381 g/mol. The zero-order chi connectivity index (χ0) is 19.3. The van der Waals surface area contributed by atoms with Gasteiger partial charge in [0.15, 0.2) is 0 Å². The van der Waals surface area contributed by atoms with Gasteiger partial charge >= 0.3 is 0 Å². The third-order valence-electron chi connectivity index (χ3n) is 5.44. The van der Waals surface area contributed by atoms with E-state index in [1.165, 1.54) is 11.1 Å². The van der Waals surface area contributed by atoms with Crippen molar-refractivity contribution in [3.63, 3.8) is 0 Å². The van der Waals surface area contributed by atoms with Crippen LogP contribution < -0.4 is 15.4 Å². The number of hydrogen-bond donors (Lipinski definition) is 2. The molecule has 0 saturated heterocycles. The zero-order valence-electron chi connectivity index (χ0n) is 16.3. The van der Waals surface area contributed by atoms with E-state index in [1.54, 1.807) is 6.33 Å². The average Bonchev–Trinajstić information content (AvgIpc) is 2.72. The predicted molar refractivity (Wildman–Crippen MR) is 109 cm³/mol. The Labute approximate surface area is 165 Å². The van der Waals surface area contributed by atoms with Gasteiger partial charge in [0.25, 0.3) is 0 Å². The summed E-state index contributed by atoms with van der Waals surface area (Å²) in [5.74, 6) is 1.86. The van der Waals surface area contributed by atoms with Crippen LogP contribution in [0.15, 0.2) is 24.5 Å². The minimum absolute atomic E-state index is 0.0832. The Balaban J connectivity index is 1.20. The molecule has 2 aliphatic rings. The molecule has 1 amide bonds. The lowest BCUT2D eigenvalue weighted by Gasteiger charge is -2.28. The van der Waals surface area contributed by atoms with E-state index in [-0.39, 0.29) is 5.91 Å². The van der Waals surface area contributed by atoms with Crippen molar-refractivity contribution >= 4 is 17.4 Å². The number of nitrogens with zero attached hydrogens (tertiary/aromatic N) is 3. The highest BCUT2D eigenvalue weighted by molar-refractivity contribution is 5.94. The maximum Gasteiger partial charge on any atom is 0.224 e. The van der Waals surface area contributed by atoms with Crippen molar-refractivity contribution in [3.8, 4) is 5.75 Å². The Bertz CT molecular complexity index is 855. The molecule has 0 bridgehead atoms. The lowest BCUT2D eigenvalue weighted by atomic mass is 10.0. The van der Waals surface area contributed by atoms with Gasteiger partial charge in [-0.2, -0.15) is 0 Å². The van der Waals surface area contributed by atoms with Gasteiger partial charge in [0.05, 0.1) is 12.3 Å². The fourth-order valence-electron chi connectivity index (χ4n) is 3.88. The Morgan fingerprint density at radius 1 is 1.21 bits per heavy atom. The largest absolute Gasteiger partial charge is 0.494 e. The molecule has 7 heteroatoms. The topological polar surface area (TPSA) is 79.4 Å². The summed E-state index contributed by atoms with van der Waals surface area (Å²) in [5, 5.41) is 6.08. The van der Waals surface area contributed by atoms with Crippen molar-refractivity contribution < 1.29 is 9.53 Å². The first-order valence-electron chi connectivity index (χ1n) is 10.0. The molecule has 3 heterocycles. The number of rotatable bonds is 7. The van der Waals surface area contributed by atoms with Gasteiger partial charge in [-0.05, 0) is 43.9 Å². The third-order valence-corrected chi connectivity index (χ3v) is 5.44. The first-order valence-corrected chi connectivity index (χ1v) is 10.0. The molecule has 0 radical (unpaired) electrons. The van der Waals surface area contributed by atoms with E-state index in [0.29, 0.717) is 13.0 Å². The first-order chi connectivity index (χ1) is 13.7. The van der Waals surface area contributed by atoms with Crippen LogP contribution in [0.4, 0.5) is 11.5 Å². The summed E-state index contributed by atoms with van der Waals surface area (Å²) >= 11 is 0. The lowest BCUT2D eigenvalue weighted by Crippen LogP contribution is -2.32. The molecular weight excluding hydrogens is 354 g/mol. The molecule has 4 rings (SSSR count). The fourth-order valence-corrected chi connectivity index (χ4v) is 3.88. The van der Waals surface area contributed by atoms with Gasteiger partial charge in [0, 0.05) is 43.9 Å². The molecule has 28 heavy (non-hydrogen) atoms. The Kier molecular flexibility index (Phi) is 5.71. The van der Waals surface area contributed by atoms with Crippen LogP contribution in [0.2, 0.25) is 0 Å². The highest BCUT2D eigenvalue weighted by Crippen LogP contribution is 2.27. The van der Waals surface area contributed by atoms with Crippen LogP contribution in [-0.2, 0) is 24.2 Å². The van der Waals surface area contributed by atoms with E-state index in [2.05, 4.69) is 31.6 Å². The lowest BCUT2D eigenvalue weighted by molar-refractivity contribution is -0.116. The molecule has 2 aliphatic heterocycles. The quantitative estimate of drug-likeness (QED) is 0.718. The Hall–Kier alpha value is -2.67. The van der Waals surface area contributed by atoms with Crippen molar-refractivity contribution in [2.24, 2.45) is 0 Å². The normalized spacial score (nSPS) is 16.1. The summed E-state index contributed by atoms with van der Waals surface area (Å²) in [6, 6.07) is 5.99. The SMILES string of the molecule is CNc1ncnc2c1CCN(CCCCOc1ccc3c(c1)NC(=O)CC3)C2. The molecule has 0 spiro atoms. The monoisotopic (exact) mass is 381 g/mol. The van der Waals surface area contributed by atoms with E-state index in [1.807, 2.05) is 19.2 Å².